The number of hydrogen-bond acceptors (Lipinski definition) is 5. The fraction of sp³-hybridized carbons (Fsp3) is 0.316. The van der Waals surface area contributed by atoms with Gasteiger partial charge in [-0.3, -0.25) is 4.79 Å². The second-order valence-electron chi connectivity index (χ2n) is 6.27. The van der Waals surface area contributed by atoms with Crippen LogP contribution in [0.3, 0.4) is 0 Å². The Morgan fingerprint density at radius 1 is 1.11 bits per heavy atom. The van der Waals surface area contributed by atoms with E-state index in [0.29, 0.717) is 26.3 Å². The molecule has 2 aromatic carbocycles. The fourth-order valence-electron chi connectivity index (χ4n) is 2.86. The molecule has 0 saturated carbocycles. The van der Waals surface area contributed by atoms with Crippen molar-refractivity contribution < 1.29 is 17.9 Å². The quantitative estimate of drug-likeness (QED) is 0.731. The normalized spacial score (nSPS) is 16.0. The van der Waals surface area contributed by atoms with E-state index < -0.39 is 10.0 Å². The standard InChI is InChI=1S/C19H23N3O4S.ClH/c20-18(15-5-2-1-3-6-15)14-21-19(23)16-7-4-8-17(13-16)27(24,25)22-9-11-26-12-10-22;/h1-8,13,18H,9-12,14,20H2,(H,21,23);1H. The van der Waals surface area contributed by atoms with Gasteiger partial charge in [0.05, 0.1) is 18.1 Å². The van der Waals surface area contributed by atoms with Crippen LogP contribution >= 0.6 is 12.4 Å². The Morgan fingerprint density at radius 3 is 2.46 bits per heavy atom. The first-order chi connectivity index (χ1) is 13.0. The predicted molar refractivity (Wildman–Crippen MR) is 109 cm³/mol. The van der Waals surface area contributed by atoms with Crippen LogP contribution < -0.4 is 11.1 Å². The van der Waals surface area contributed by atoms with Gasteiger partial charge in [0.25, 0.3) is 5.91 Å². The van der Waals surface area contributed by atoms with Crippen LogP contribution in [-0.4, -0.2) is 51.5 Å². The number of morpholine rings is 1. The van der Waals surface area contributed by atoms with Crippen LogP contribution in [0, 0.1) is 0 Å². The van der Waals surface area contributed by atoms with Gasteiger partial charge in [-0.25, -0.2) is 8.42 Å². The van der Waals surface area contributed by atoms with Crippen LogP contribution in [0.25, 0.3) is 0 Å². The molecule has 1 atom stereocenters. The Balaban J connectivity index is 0.00000280. The first-order valence-electron chi connectivity index (χ1n) is 8.75. The Kier molecular flexibility index (Phi) is 7.97. The van der Waals surface area contributed by atoms with Gasteiger partial charge in [-0.2, -0.15) is 4.31 Å². The van der Waals surface area contributed by atoms with Crippen LogP contribution in [0.1, 0.15) is 22.0 Å². The lowest BCUT2D eigenvalue weighted by atomic mass is 10.1. The smallest absolute Gasteiger partial charge is 0.251 e. The lowest BCUT2D eigenvalue weighted by molar-refractivity contribution is 0.0730. The zero-order valence-electron chi connectivity index (χ0n) is 15.3. The Morgan fingerprint density at radius 2 is 1.79 bits per heavy atom. The summed E-state index contributed by atoms with van der Waals surface area (Å²) in [5.74, 6) is -0.361. The van der Waals surface area contributed by atoms with E-state index in [-0.39, 0.29) is 41.4 Å². The summed E-state index contributed by atoms with van der Waals surface area (Å²) in [7, 11) is -3.64. The van der Waals surface area contributed by atoms with E-state index in [4.69, 9.17) is 10.5 Å². The molecule has 0 spiro atoms. The van der Waals surface area contributed by atoms with Crippen molar-refractivity contribution in [3.05, 3.63) is 65.7 Å². The van der Waals surface area contributed by atoms with Crippen molar-refractivity contribution in [2.24, 2.45) is 5.73 Å². The molecule has 1 fully saturated rings. The molecule has 0 radical (unpaired) electrons. The van der Waals surface area contributed by atoms with Crippen molar-refractivity contribution in [3.8, 4) is 0 Å². The summed E-state index contributed by atoms with van der Waals surface area (Å²) >= 11 is 0. The molecule has 0 bridgehead atoms. The second kappa shape index (κ2) is 9.99. The molecular weight excluding hydrogens is 402 g/mol. The highest BCUT2D eigenvalue weighted by atomic mass is 35.5. The number of hydrogen-bond donors (Lipinski definition) is 2. The molecule has 2 aromatic rings. The van der Waals surface area contributed by atoms with Crippen molar-refractivity contribution in [2.45, 2.75) is 10.9 Å². The number of nitrogens with two attached hydrogens (primary N) is 1. The third kappa shape index (κ3) is 5.30. The van der Waals surface area contributed by atoms with Gasteiger partial charge in [0.1, 0.15) is 0 Å². The van der Waals surface area contributed by atoms with Gasteiger partial charge in [-0.1, -0.05) is 36.4 Å². The third-order valence-corrected chi connectivity index (χ3v) is 6.31. The van der Waals surface area contributed by atoms with E-state index in [1.165, 1.54) is 16.4 Å². The molecule has 1 heterocycles. The maximum atomic E-state index is 12.7. The number of ether oxygens (including phenoxy) is 1. The minimum absolute atomic E-state index is 0. The van der Waals surface area contributed by atoms with Gasteiger partial charge in [0.2, 0.25) is 10.0 Å². The summed E-state index contributed by atoms with van der Waals surface area (Å²) < 4.78 is 32.0. The molecule has 7 nitrogen and oxygen atoms in total. The molecule has 9 heteroatoms. The molecule has 1 aliphatic heterocycles. The van der Waals surface area contributed by atoms with E-state index in [9.17, 15) is 13.2 Å². The molecule has 0 aromatic heterocycles. The highest BCUT2D eigenvalue weighted by Crippen LogP contribution is 2.18. The zero-order valence-corrected chi connectivity index (χ0v) is 16.9. The summed E-state index contributed by atoms with van der Waals surface area (Å²) in [5, 5.41) is 2.76. The van der Waals surface area contributed by atoms with Crippen molar-refractivity contribution >= 4 is 28.3 Å². The van der Waals surface area contributed by atoms with Crippen LogP contribution in [0.5, 0.6) is 0 Å². The van der Waals surface area contributed by atoms with Crippen molar-refractivity contribution in [2.75, 3.05) is 32.8 Å². The third-order valence-electron chi connectivity index (χ3n) is 4.41. The molecule has 3 rings (SSSR count). The molecule has 1 amide bonds. The topological polar surface area (TPSA) is 102 Å². The van der Waals surface area contributed by atoms with Crippen LogP contribution in [0.15, 0.2) is 59.5 Å². The molecule has 1 unspecified atom stereocenters. The van der Waals surface area contributed by atoms with Crippen LogP contribution in [0.2, 0.25) is 0 Å². The number of amides is 1. The monoisotopic (exact) mass is 425 g/mol. The Hall–Kier alpha value is -1.97. The Bertz CT molecular complexity index is 887. The lowest BCUT2D eigenvalue weighted by Gasteiger charge is -2.26. The van der Waals surface area contributed by atoms with E-state index in [1.807, 2.05) is 30.3 Å². The summed E-state index contributed by atoms with van der Waals surface area (Å²) in [5.41, 5.74) is 7.29. The number of nitrogens with one attached hydrogen (secondary N) is 1. The maximum absolute atomic E-state index is 12.7. The molecule has 0 aliphatic carbocycles. The average Bonchev–Trinajstić information content (AvgIpc) is 2.73. The molecule has 152 valence electrons. The van der Waals surface area contributed by atoms with Gasteiger partial charge in [0.15, 0.2) is 0 Å². The van der Waals surface area contributed by atoms with Crippen molar-refractivity contribution in [1.29, 1.82) is 0 Å². The molecule has 28 heavy (non-hydrogen) atoms. The van der Waals surface area contributed by atoms with Gasteiger partial charge >= 0.3 is 0 Å². The molecule has 3 N–H and O–H groups in total. The number of halogens is 1. The number of nitrogens with zero attached hydrogens (tertiary/aromatic N) is 1. The minimum Gasteiger partial charge on any atom is -0.379 e. The van der Waals surface area contributed by atoms with E-state index in [1.54, 1.807) is 12.1 Å². The zero-order chi connectivity index (χ0) is 19.3. The van der Waals surface area contributed by atoms with Gasteiger partial charge in [0, 0.05) is 31.2 Å². The number of carbonyl (C=O) groups excluding carboxylic acids is 1. The van der Waals surface area contributed by atoms with Gasteiger partial charge in [-0.15, -0.1) is 12.4 Å². The van der Waals surface area contributed by atoms with E-state index >= 15 is 0 Å². The molecule has 1 aliphatic rings. The first kappa shape index (κ1) is 22.3. The number of sulfonamides is 1. The highest BCUT2D eigenvalue weighted by molar-refractivity contribution is 7.89. The molecular formula is C19H24ClN3O4S. The average molecular weight is 426 g/mol. The second-order valence-corrected chi connectivity index (χ2v) is 8.21. The number of carbonyl (C=O) groups is 1. The maximum Gasteiger partial charge on any atom is 0.251 e. The highest BCUT2D eigenvalue weighted by Gasteiger charge is 2.26. The van der Waals surface area contributed by atoms with Crippen LogP contribution in [0.4, 0.5) is 0 Å². The van der Waals surface area contributed by atoms with Crippen molar-refractivity contribution in [3.63, 3.8) is 0 Å². The predicted octanol–water partition coefficient (Wildman–Crippen LogP) is 1.56. The summed E-state index contributed by atoms with van der Waals surface area (Å²) in [6.45, 7) is 1.62. The largest absolute Gasteiger partial charge is 0.379 e. The van der Waals surface area contributed by atoms with Crippen LogP contribution in [-0.2, 0) is 14.8 Å². The first-order valence-corrected chi connectivity index (χ1v) is 10.2. The fourth-order valence-corrected chi connectivity index (χ4v) is 4.31. The molecule has 1 saturated heterocycles. The van der Waals surface area contributed by atoms with Gasteiger partial charge < -0.3 is 15.8 Å². The number of rotatable bonds is 6. The summed E-state index contributed by atoms with van der Waals surface area (Å²) in [6.07, 6.45) is 0. The SMILES string of the molecule is Cl.NC(CNC(=O)c1cccc(S(=O)(=O)N2CCOCC2)c1)c1ccccc1. The Labute approximate surface area is 171 Å². The van der Waals surface area contributed by atoms with Gasteiger partial charge in [-0.05, 0) is 23.8 Å². The summed E-state index contributed by atoms with van der Waals surface area (Å²) in [4.78, 5) is 12.5. The van der Waals surface area contributed by atoms with Crippen molar-refractivity contribution in [1.82, 2.24) is 9.62 Å². The number of benzene rings is 2. The summed E-state index contributed by atoms with van der Waals surface area (Å²) in [6, 6.07) is 15.2. The minimum atomic E-state index is -3.64. The lowest BCUT2D eigenvalue weighted by Crippen LogP contribution is -2.40. The van der Waals surface area contributed by atoms with E-state index in [0.717, 1.165) is 5.56 Å². The van der Waals surface area contributed by atoms with E-state index in [2.05, 4.69) is 5.32 Å².